The van der Waals surface area contributed by atoms with E-state index in [4.69, 9.17) is 15.6 Å². The Balaban J connectivity index is 1.32. The molecular weight excluding hydrogens is 635 g/mol. The molecule has 0 heterocycles. The van der Waals surface area contributed by atoms with Crippen molar-refractivity contribution in [1.29, 1.82) is 0 Å². The van der Waals surface area contributed by atoms with E-state index in [1.54, 1.807) is 18.1 Å². The number of terminal acetylenes is 1. The minimum atomic E-state index is -3.66. The highest BCUT2D eigenvalue weighted by atomic mass is 32.2. The lowest BCUT2D eigenvalue weighted by molar-refractivity contribution is -0.214. The predicted molar refractivity (Wildman–Crippen MR) is 183 cm³/mol. The number of sulfone groups is 1. The van der Waals surface area contributed by atoms with Gasteiger partial charge in [-0.2, -0.15) is 8.78 Å². The molecule has 1 N–H and O–H groups in total. The van der Waals surface area contributed by atoms with E-state index in [-0.39, 0.29) is 40.4 Å². The molecule has 3 saturated carbocycles. The molecule has 256 valence electrons. The van der Waals surface area contributed by atoms with Crippen LogP contribution in [0.3, 0.4) is 0 Å². The molecule has 4 aliphatic carbocycles. The SMILES string of the molecule is C#CC(F)(F)[C@]1(O)CC[C@H]2[C@@H]3CCc4cc(OCCO[Si](C)(C)C(C)(C)C)ccc4C3[C@@H](c3ccc(S(=O)(=O)C4CC4)cc3)C[C@@]21C. The molecule has 9 heteroatoms. The summed E-state index contributed by atoms with van der Waals surface area (Å²) in [4.78, 5) is 0.305. The van der Waals surface area contributed by atoms with Crippen molar-refractivity contribution in [2.75, 3.05) is 13.2 Å². The molecular formula is C38H50F2O5SSi. The smallest absolute Gasteiger partial charge is 0.336 e. The standard InChI is InChI=1S/C38H50F2O5SSi/c1-8-38(39,40)37(41)20-19-33-31-17-11-26-23-27(44-21-22-45-47(6,7)35(2,3)4)12-18-30(26)34(31)32(24-36(33,37)5)25-9-13-28(14-10-25)46(42,43)29-15-16-29/h1,9-10,12-14,18,23,29,31-34,41H,11,15-17,19-22,24H2,2-7H3/t31-,32+,33-,34?,36-,37-/m0/s1. The molecule has 0 aromatic heterocycles. The normalized spacial score (nSPS) is 31.0. The van der Waals surface area contributed by atoms with Gasteiger partial charge in [-0.25, -0.2) is 8.42 Å². The zero-order chi connectivity index (χ0) is 34.2. The Kier molecular flexibility index (Phi) is 8.60. The fourth-order valence-electron chi connectivity index (χ4n) is 8.89. The Hall–Kier alpha value is -2.25. The summed E-state index contributed by atoms with van der Waals surface area (Å²) in [5.41, 5.74) is -0.144. The molecule has 0 amide bonds. The van der Waals surface area contributed by atoms with Crippen molar-refractivity contribution >= 4 is 18.2 Å². The zero-order valence-corrected chi connectivity index (χ0v) is 30.4. The second-order valence-corrected chi connectivity index (χ2v) is 23.3. The lowest BCUT2D eigenvalue weighted by atomic mass is 9.48. The quantitative estimate of drug-likeness (QED) is 0.164. The number of ether oxygens (including phenoxy) is 1. The van der Waals surface area contributed by atoms with E-state index in [9.17, 15) is 13.5 Å². The Bertz CT molecular complexity index is 1660. The summed E-state index contributed by atoms with van der Waals surface area (Å²) in [7, 11) is -5.24. The number of hydrogen-bond donors (Lipinski definition) is 1. The van der Waals surface area contributed by atoms with Gasteiger partial charge >= 0.3 is 5.92 Å². The summed E-state index contributed by atoms with van der Waals surface area (Å²) in [6, 6.07) is 13.3. The molecule has 2 aromatic carbocycles. The highest BCUT2D eigenvalue weighted by molar-refractivity contribution is 7.92. The van der Waals surface area contributed by atoms with Crippen LogP contribution in [0.15, 0.2) is 47.4 Å². The fourth-order valence-corrected chi connectivity index (χ4v) is 11.6. The largest absolute Gasteiger partial charge is 0.491 e. The van der Waals surface area contributed by atoms with E-state index in [1.165, 1.54) is 11.1 Å². The molecule has 0 saturated heterocycles. The molecule has 47 heavy (non-hydrogen) atoms. The Labute approximate surface area is 280 Å². The van der Waals surface area contributed by atoms with E-state index in [0.717, 1.165) is 24.2 Å². The number of alkyl halides is 2. The van der Waals surface area contributed by atoms with Crippen LogP contribution in [0.5, 0.6) is 5.75 Å². The van der Waals surface area contributed by atoms with Gasteiger partial charge < -0.3 is 14.3 Å². The Morgan fingerprint density at radius 3 is 2.34 bits per heavy atom. The number of aliphatic hydroxyl groups is 1. The first-order chi connectivity index (χ1) is 21.9. The van der Waals surface area contributed by atoms with Crippen LogP contribution in [-0.4, -0.2) is 51.8 Å². The van der Waals surface area contributed by atoms with Crippen LogP contribution < -0.4 is 4.74 Å². The minimum Gasteiger partial charge on any atom is -0.491 e. The first-order valence-corrected chi connectivity index (χ1v) is 21.6. The number of benzene rings is 2. The third-order valence-electron chi connectivity index (χ3n) is 12.8. The highest BCUT2D eigenvalue weighted by Gasteiger charge is 2.71. The van der Waals surface area contributed by atoms with Crippen LogP contribution in [0.25, 0.3) is 0 Å². The van der Waals surface area contributed by atoms with Gasteiger partial charge in [-0.15, -0.1) is 6.42 Å². The number of aryl methyl sites for hydroxylation is 1. The molecule has 4 aliphatic rings. The fraction of sp³-hybridized carbons (Fsp3) is 0.632. The number of fused-ring (bicyclic) bond motifs is 5. The number of halogens is 2. The minimum absolute atomic E-state index is 0.0282. The maximum atomic E-state index is 15.4. The molecule has 6 rings (SSSR count). The van der Waals surface area contributed by atoms with Gasteiger partial charge in [-0.05, 0) is 134 Å². The summed E-state index contributed by atoms with van der Waals surface area (Å²) in [5.74, 6) is -1.48. The molecule has 1 unspecified atom stereocenters. The summed E-state index contributed by atoms with van der Waals surface area (Å²) < 4.78 is 69.3. The highest BCUT2D eigenvalue weighted by Crippen LogP contribution is 2.70. The van der Waals surface area contributed by atoms with Crippen LogP contribution >= 0.6 is 0 Å². The van der Waals surface area contributed by atoms with Crippen molar-refractivity contribution in [3.63, 3.8) is 0 Å². The average Bonchev–Trinajstić information content (AvgIpc) is 3.84. The summed E-state index contributed by atoms with van der Waals surface area (Å²) in [6.45, 7) is 13.9. The second-order valence-electron chi connectivity index (χ2n) is 16.3. The molecule has 0 spiro atoms. The first-order valence-electron chi connectivity index (χ1n) is 17.2. The molecule has 2 aromatic rings. The van der Waals surface area contributed by atoms with Gasteiger partial charge in [0.05, 0.1) is 16.8 Å². The molecule has 0 aliphatic heterocycles. The Morgan fingerprint density at radius 2 is 1.72 bits per heavy atom. The summed E-state index contributed by atoms with van der Waals surface area (Å²) >= 11 is 0. The monoisotopic (exact) mass is 684 g/mol. The third kappa shape index (κ3) is 5.69. The lowest BCUT2D eigenvalue weighted by Gasteiger charge is -2.57. The van der Waals surface area contributed by atoms with E-state index in [0.29, 0.717) is 43.8 Å². The zero-order valence-electron chi connectivity index (χ0n) is 28.6. The number of rotatable bonds is 9. The summed E-state index contributed by atoms with van der Waals surface area (Å²) in [5, 5.41) is 11.6. The van der Waals surface area contributed by atoms with Gasteiger partial charge in [-0.3, -0.25) is 0 Å². The van der Waals surface area contributed by atoms with Gasteiger partial charge in [-0.1, -0.05) is 45.9 Å². The predicted octanol–water partition coefficient (Wildman–Crippen LogP) is 8.27. The van der Waals surface area contributed by atoms with E-state index in [2.05, 4.69) is 46.0 Å². The van der Waals surface area contributed by atoms with Crippen LogP contribution in [0.2, 0.25) is 18.1 Å². The van der Waals surface area contributed by atoms with Crippen molar-refractivity contribution in [3.8, 4) is 18.1 Å². The van der Waals surface area contributed by atoms with Gasteiger partial charge in [0.1, 0.15) is 18.0 Å². The van der Waals surface area contributed by atoms with Gasteiger partial charge in [0.15, 0.2) is 18.2 Å². The van der Waals surface area contributed by atoms with Crippen molar-refractivity contribution in [1.82, 2.24) is 0 Å². The van der Waals surface area contributed by atoms with Gasteiger partial charge in [0.25, 0.3) is 0 Å². The average molecular weight is 685 g/mol. The second kappa shape index (κ2) is 11.7. The van der Waals surface area contributed by atoms with E-state index < -0.39 is 35.1 Å². The van der Waals surface area contributed by atoms with E-state index >= 15 is 8.78 Å². The van der Waals surface area contributed by atoms with Gasteiger partial charge in [0, 0.05) is 5.41 Å². The van der Waals surface area contributed by atoms with Crippen molar-refractivity contribution in [2.24, 2.45) is 17.3 Å². The van der Waals surface area contributed by atoms with Crippen molar-refractivity contribution < 1.29 is 31.5 Å². The Morgan fingerprint density at radius 1 is 1.04 bits per heavy atom. The van der Waals surface area contributed by atoms with E-state index in [1.807, 2.05) is 25.1 Å². The number of hydrogen-bond acceptors (Lipinski definition) is 5. The first kappa shape index (κ1) is 34.6. The van der Waals surface area contributed by atoms with Crippen molar-refractivity contribution in [3.05, 3.63) is 59.2 Å². The van der Waals surface area contributed by atoms with Crippen LogP contribution in [-0.2, 0) is 20.7 Å². The molecule has 3 fully saturated rings. The maximum absolute atomic E-state index is 15.4. The molecule has 6 atom stereocenters. The molecule has 0 bridgehead atoms. The topological polar surface area (TPSA) is 72.8 Å². The lowest BCUT2D eigenvalue weighted by Crippen LogP contribution is -2.60. The van der Waals surface area contributed by atoms with Crippen LogP contribution in [0.4, 0.5) is 8.78 Å². The van der Waals surface area contributed by atoms with Crippen LogP contribution in [0, 0.1) is 29.6 Å². The van der Waals surface area contributed by atoms with Crippen molar-refractivity contribution in [2.45, 2.75) is 124 Å². The van der Waals surface area contributed by atoms with Crippen LogP contribution in [0.1, 0.15) is 94.7 Å². The molecule has 5 nitrogen and oxygen atoms in total. The third-order valence-corrected chi connectivity index (χ3v) is 19.6. The van der Waals surface area contributed by atoms with Gasteiger partial charge in [0.2, 0.25) is 0 Å². The molecule has 0 radical (unpaired) electrons. The summed E-state index contributed by atoms with van der Waals surface area (Å²) in [6.07, 6.45) is 9.07. The maximum Gasteiger partial charge on any atom is 0.336 e.